The highest BCUT2D eigenvalue weighted by atomic mass is 16.5. The van der Waals surface area contributed by atoms with Crippen molar-refractivity contribution >= 4 is 5.82 Å². The summed E-state index contributed by atoms with van der Waals surface area (Å²) in [6.07, 6.45) is 3.05. The molecule has 0 aromatic carbocycles. The molecule has 2 heterocycles. The van der Waals surface area contributed by atoms with E-state index in [1.807, 2.05) is 19.2 Å². The maximum Gasteiger partial charge on any atom is 0.125 e. The molecule has 1 aromatic rings. The summed E-state index contributed by atoms with van der Waals surface area (Å²) in [5.41, 5.74) is 1.14. The van der Waals surface area contributed by atoms with E-state index < -0.39 is 0 Å². The third-order valence-corrected chi connectivity index (χ3v) is 2.45. The fraction of sp³-hybridized carbons (Fsp3) is 0.545. The lowest BCUT2D eigenvalue weighted by molar-refractivity contribution is 0.0317. The zero-order valence-electron chi connectivity index (χ0n) is 8.90. The first-order valence-corrected chi connectivity index (χ1v) is 5.20. The van der Waals surface area contributed by atoms with E-state index in [0.717, 1.165) is 31.0 Å². The fourth-order valence-corrected chi connectivity index (χ4v) is 1.56. The summed E-state index contributed by atoms with van der Waals surface area (Å²) < 4.78 is 10.9. The summed E-state index contributed by atoms with van der Waals surface area (Å²) in [5, 5.41) is 3.00. The molecule has 1 aliphatic heterocycles. The molecule has 1 aliphatic rings. The molecule has 1 saturated heterocycles. The summed E-state index contributed by atoms with van der Waals surface area (Å²) in [5.74, 6) is 0.874. The number of rotatable bonds is 4. The van der Waals surface area contributed by atoms with Gasteiger partial charge in [-0.15, -0.1) is 0 Å². The third-order valence-electron chi connectivity index (χ3n) is 2.45. The van der Waals surface area contributed by atoms with Crippen molar-refractivity contribution in [3.8, 4) is 0 Å². The second-order valence-electron chi connectivity index (χ2n) is 3.60. The molecule has 4 heteroatoms. The van der Waals surface area contributed by atoms with Crippen LogP contribution < -0.4 is 5.32 Å². The van der Waals surface area contributed by atoms with Gasteiger partial charge in [-0.2, -0.15) is 0 Å². The minimum absolute atomic E-state index is 0.260. The molecule has 0 aliphatic carbocycles. The Morgan fingerprint density at radius 3 is 3.33 bits per heavy atom. The van der Waals surface area contributed by atoms with Crippen LogP contribution in [0.25, 0.3) is 0 Å². The predicted molar refractivity (Wildman–Crippen MR) is 57.8 cm³/mol. The van der Waals surface area contributed by atoms with Gasteiger partial charge in [0.05, 0.1) is 19.3 Å². The van der Waals surface area contributed by atoms with E-state index in [2.05, 4.69) is 10.3 Å². The molecule has 0 radical (unpaired) electrons. The smallest absolute Gasteiger partial charge is 0.125 e. The van der Waals surface area contributed by atoms with Crippen LogP contribution in [0.2, 0.25) is 0 Å². The summed E-state index contributed by atoms with van der Waals surface area (Å²) in [6.45, 7) is 2.18. The standard InChI is InChI=1S/C11H16N2O2/c1-12-11-6-9(2-4-13-11)7-15-10-3-5-14-8-10/h2,4,6,10H,3,5,7-8H2,1H3,(H,12,13). The van der Waals surface area contributed by atoms with Crippen molar-refractivity contribution in [2.45, 2.75) is 19.1 Å². The number of ether oxygens (including phenoxy) is 2. The van der Waals surface area contributed by atoms with Crippen molar-refractivity contribution in [3.05, 3.63) is 23.9 Å². The van der Waals surface area contributed by atoms with Crippen LogP contribution in [0.1, 0.15) is 12.0 Å². The Labute approximate surface area is 89.6 Å². The average molecular weight is 208 g/mol. The number of pyridine rings is 1. The molecule has 0 bridgehead atoms. The molecule has 15 heavy (non-hydrogen) atoms. The van der Waals surface area contributed by atoms with Crippen LogP contribution in [0, 0.1) is 0 Å². The van der Waals surface area contributed by atoms with E-state index in [1.165, 1.54) is 0 Å². The summed E-state index contributed by atoms with van der Waals surface area (Å²) in [6, 6.07) is 3.96. The van der Waals surface area contributed by atoms with E-state index in [4.69, 9.17) is 9.47 Å². The average Bonchev–Trinajstić information content (AvgIpc) is 2.79. The number of hydrogen-bond acceptors (Lipinski definition) is 4. The van der Waals surface area contributed by atoms with Gasteiger partial charge in [0.15, 0.2) is 0 Å². The van der Waals surface area contributed by atoms with Crippen molar-refractivity contribution in [2.24, 2.45) is 0 Å². The van der Waals surface area contributed by atoms with Crippen molar-refractivity contribution in [1.82, 2.24) is 4.98 Å². The second-order valence-corrected chi connectivity index (χ2v) is 3.60. The first-order chi connectivity index (χ1) is 7.38. The van der Waals surface area contributed by atoms with Crippen LogP contribution >= 0.6 is 0 Å². The quantitative estimate of drug-likeness (QED) is 0.813. The monoisotopic (exact) mass is 208 g/mol. The third kappa shape index (κ3) is 2.91. The molecule has 1 fully saturated rings. The normalized spacial score (nSPS) is 20.5. The van der Waals surface area contributed by atoms with E-state index in [0.29, 0.717) is 6.61 Å². The molecule has 1 N–H and O–H groups in total. The van der Waals surface area contributed by atoms with Gasteiger partial charge in [0.25, 0.3) is 0 Å². The van der Waals surface area contributed by atoms with Gasteiger partial charge in [-0.1, -0.05) is 0 Å². The minimum atomic E-state index is 0.260. The summed E-state index contributed by atoms with van der Waals surface area (Å²) >= 11 is 0. The highest BCUT2D eigenvalue weighted by molar-refractivity contribution is 5.36. The number of anilines is 1. The molecule has 82 valence electrons. The molecule has 1 unspecified atom stereocenters. The number of nitrogens with zero attached hydrogens (tertiary/aromatic N) is 1. The van der Waals surface area contributed by atoms with Crippen molar-refractivity contribution in [3.63, 3.8) is 0 Å². The molecule has 0 amide bonds. The summed E-state index contributed by atoms with van der Waals surface area (Å²) in [7, 11) is 1.86. The largest absolute Gasteiger partial charge is 0.379 e. The SMILES string of the molecule is CNc1cc(COC2CCOC2)ccn1. The van der Waals surface area contributed by atoms with Gasteiger partial charge in [-0.25, -0.2) is 4.98 Å². The maximum atomic E-state index is 5.71. The fourth-order valence-electron chi connectivity index (χ4n) is 1.56. The van der Waals surface area contributed by atoms with Crippen LogP contribution in [0.3, 0.4) is 0 Å². The Hall–Kier alpha value is -1.13. The van der Waals surface area contributed by atoms with E-state index in [9.17, 15) is 0 Å². The molecule has 2 rings (SSSR count). The Morgan fingerprint density at radius 2 is 2.60 bits per heavy atom. The lowest BCUT2D eigenvalue weighted by Gasteiger charge is -2.10. The highest BCUT2D eigenvalue weighted by Gasteiger charge is 2.15. The van der Waals surface area contributed by atoms with Crippen molar-refractivity contribution in [1.29, 1.82) is 0 Å². The van der Waals surface area contributed by atoms with E-state index >= 15 is 0 Å². The van der Waals surface area contributed by atoms with Crippen molar-refractivity contribution < 1.29 is 9.47 Å². The minimum Gasteiger partial charge on any atom is -0.379 e. The number of aromatic nitrogens is 1. The van der Waals surface area contributed by atoms with Gasteiger partial charge >= 0.3 is 0 Å². The molecular weight excluding hydrogens is 192 g/mol. The lowest BCUT2D eigenvalue weighted by atomic mass is 10.2. The number of nitrogens with one attached hydrogen (secondary N) is 1. The Bertz CT molecular complexity index is 311. The van der Waals surface area contributed by atoms with Crippen LogP contribution in [0.15, 0.2) is 18.3 Å². The zero-order valence-corrected chi connectivity index (χ0v) is 8.90. The topological polar surface area (TPSA) is 43.4 Å². The first kappa shape index (κ1) is 10.4. The molecule has 4 nitrogen and oxygen atoms in total. The number of hydrogen-bond donors (Lipinski definition) is 1. The highest BCUT2D eigenvalue weighted by Crippen LogP contribution is 2.12. The van der Waals surface area contributed by atoms with Gasteiger partial charge in [0, 0.05) is 19.9 Å². The molecule has 1 aromatic heterocycles. The van der Waals surface area contributed by atoms with Crippen LogP contribution in [-0.4, -0.2) is 31.3 Å². The Kier molecular flexibility index (Phi) is 3.53. The maximum absolute atomic E-state index is 5.71. The van der Waals surface area contributed by atoms with Gasteiger partial charge in [0.1, 0.15) is 5.82 Å². The van der Waals surface area contributed by atoms with Crippen LogP contribution in [0.5, 0.6) is 0 Å². The summed E-state index contributed by atoms with van der Waals surface area (Å²) in [4.78, 5) is 4.15. The van der Waals surface area contributed by atoms with Gasteiger partial charge in [0.2, 0.25) is 0 Å². The van der Waals surface area contributed by atoms with E-state index in [-0.39, 0.29) is 6.10 Å². The zero-order chi connectivity index (χ0) is 10.5. The van der Waals surface area contributed by atoms with Crippen LogP contribution in [-0.2, 0) is 16.1 Å². The van der Waals surface area contributed by atoms with Gasteiger partial charge in [-0.05, 0) is 24.1 Å². The first-order valence-electron chi connectivity index (χ1n) is 5.20. The van der Waals surface area contributed by atoms with Gasteiger partial charge in [-0.3, -0.25) is 0 Å². The second kappa shape index (κ2) is 5.09. The Balaban J connectivity index is 1.86. The molecular formula is C11H16N2O2. The predicted octanol–water partition coefficient (Wildman–Crippen LogP) is 1.43. The lowest BCUT2D eigenvalue weighted by Crippen LogP contribution is -2.12. The Morgan fingerprint density at radius 1 is 1.67 bits per heavy atom. The van der Waals surface area contributed by atoms with E-state index in [1.54, 1.807) is 6.20 Å². The van der Waals surface area contributed by atoms with Crippen LogP contribution in [0.4, 0.5) is 5.82 Å². The molecule has 1 atom stereocenters. The van der Waals surface area contributed by atoms with Gasteiger partial charge < -0.3 is 14.8 Å². The van der Waals surface area contributed by atoms with Crippen molar-refractivity contribution in [2.75, 3.05) is 25.6 Å². The molecule has 0 saturated carbocycles. The molecule has 0 spiro atoms.